The van der Waals surface area contributed by atoms with Gasteiger partial charge in [0.05, 0.1) is 0 Å². The molecule has 0 bridgehead atoms. The van der Waals surface area contributed by atoms with Crippen molar-refractivity contribution in [2.24, 2.45) is 0 Å². The second-order valence-corrected chi connectivity index (χ2v) is 2.96. The Hall–Kier alpha value is -0.620. The lowest BCUT2D eigenvalue weighted by Crippen LogP contribution is -1.94. The Balaban J connectivity index is 2.93. The maximum atomic E-state index is 12.7. The van der Waals surface area contributed by atoms with Crippen molar-refractivity contribution in [2.45, 2.75) is 4.90 Å². The van der Waals surface area contributed by atoms with Crippen LogP contribution >= 0.6 is 12.6 Å². The van der Waals surface area contributed by atoms with Crippen molar-refractivity contribution in [1.82, 2.24) is 0 Å². The number of benzene rings is 1. The summed E-state index contributed by atoms with van der Waals surface area (Å²) >= 11 is 0.828. The minimum atomic E-state index is -3.00. The standard InChI is InChI=1S/C6H4F2O2S2/c7-5-3-4(11)1-2-6(5)10-12(8)9/h1-3,11H. The number of hydrogen-bond acceptors (Lipinski definition) is 3. The fourth-order valence-corrected chi connectivity index (χ4v) is 1.09. The van der Waals surface area contributed by atoms with E-state index in [0.717, 1.165) is 12.1 Å². The van der Waals surface area contributed by atoms with Gasteiger partial charge in [-0.05, 0) is 18.2 Å². The Morgan fingerprint density at radius 2 is 2.17 bits per heavy atom. The fourth-order valence-electron chi connectivity index (χ4n) is 0.628. The monoisotopic (exact) mass is 210 g/mol. The fraction of sp³-hybridized carbons (Fsp3) is 0. The molecular formula is C6H4F2O2S2. The van der Waals surface area contributed by atoms with E-state index >= 15 is 0 Å². The quantitative estimate of drug-likeness (QED) is 0.597. The third-order valence-electron chi connectivity index (χ3n) is 1.07. The van der Waals surface area contributed by atoms with Crippen molar-refractivity contribution < 1.29 is 16.7 Å². The van der Waals surface area contributed by atoms with Crippen LogP contribution in [0, 0.1) is 5.82 Å². The summed E-state index contributed by atoms with van der Waals surface area (Å²) in [7, 11) is 0. The zero-order valence-corrected chi connectivity index (χ0v) is 7.37. The summed E-state index contributed by atoms with van der Waals surface area (Å²) in [4.78, 5) is 0.379. The summed E-state index contributed by atoms with van der Waals surface area (Å²) in [5.41, 5.74) is 0. The van der Waals surface area contributed by atoms with Crippen molar-refractivity contribution >= 4 is 24.1 Å². The van der Waals surface area contributed by atoms with Gasteiger partial charge in [-0.3, -0.25) is 0 Å². The number of hydrogen-bond donors (Lipinski definition) is 1. The predicted octanol–water partition coefficient (Wildman–Crippen LogP) is 2.04. The average molecular weight is 210 g/mol. The van der Waals surface area contributed by atoms with E-state index in [2.05, 4.69) is 16.8 Å². The Kier molecular flexibility index (Phi) is 3.05. The topological polar surface area (TPSA) is 26.3 Å². The van der Waals surface area contributed by atoms with Gasteiger partial charge in [-0.1, -0.05) is 3.89 Å². The molecule has 1 aromatic rings. The van der Waals surface area contributed by atoms with Gasteiger partial charge >= 0.3 is 11.5 Å². The molecule has 0 heterocycles. The van der Waals surface area contributed by atoms with E-state index in [0.29, 0.717) is 4.90 Å². The van der Waals surface area contributed by atoms with Gasteiger partial charge in [0.2, 0.25) is 0 Å². The number of thiol groups is 1. The normalized spacial score (nSPS) is 12.6. The third-order valence-corrected chi connectivity index (χ3v) is 1.66. The van der Waals surface area contributed by atoms with Gasteiger partial charge in [0.25, 0.3) is 0 Å². The highest BCUT2D eigenvalue weighted by Crippen LogP contribution is 2.20. The van der Waals surface area contributed by atoms with Gasteiger partial charge in [0, 0.05) is 4.90 Å². The van der Waals surface area contributed by atoms with E-state index in [4.69, 9.17) is 0 Å². The SMILES string of the molecule is O=S(F)Oc1ccc(S)cc1F. The van der Waals surface area contributed by atoms with Gasteiger partial charge in [0.15, 0.2) is 11.6 Å². The van der Waals surface area contributed by atoms with E-state index in [1.165, 1.54) is 6.07 Å². The molecule has 0 N–H and O–H groups in total. The summed E-state index contributed by atoms with van der Waals surface area (Å²) in [6.07, 6.45) is 0. The van der Waals surface area contributed by atoms with Crippen LogP contribution in [0.3, 0.4) is 0 Å². The van der Waals surface area contributed by atoms with Crippen LogP contribution in [0.2, 0.25) is 0 Å². The summed E-state index contributed by atoms with van der Waals surface area (Å²) in [6.45, 7) is 0. The van der Waals surface area contributed by atoms with Crippen molar-refractivity contribution in [3.63, 3.8) is 0 Å². The first kappa shape index (κ1) is 9.47. The van der Waals surface area contributed by atoms with Crippen molar-refractivity contribution in [3.05, 3.63) is 24.0 Å². The van der Waals surface area contributed by atoms with Crippen LogP contribution < -0.4 is 4.18 Å². The molecule has 6 heteroatoms. The maximum Gasteiger partial charge on any atom is 0.401 e. The van der Waals surface area contributed by atoms with Crippen molar-refractivity contribution in [3.8, 4) is 5.75 Å². The summed E-state index contributed by atoms with van der Waals surface area (Å²) in [5, 5.41) is 0. The van der Waals surface area contributed by atoms with Crippen LogP contribution in [0.1, 0.15) is 0 Å². The third kappa shape index (κ3) is 2.46. The molecule has 0 saturated carbocycles. The molecule has 1 atom stereocenters. The van der Waals surface area contributed by atoms with Crippen LogP contribution in [0.15, 0.2) is 23.1 Å². The maximum absolute atomic E-state index is 12.7. The van der Waals surface area contributed by atoms with E-state index < -0.39 is 23.0 Å². The van der Waals surface area contributed by atoms with Gasteiger partial charge < -0.3 is 4.18 Å². The first-order valence-corrected chi connectivity index (χ1v) is 4.26. The largest absolute Gasteiger partial charge is 0.401 e. The lowest BCUT2D eigenvalue weighted by Gasteiger charge is -1.99. The molecule has 1 rings (SSSR count). The number of rotatable bonds is 2. The zero-order chi connectivity index (χ0) is 9.14. The van der Waals surface area contributed by atoms with E-state index in [1.54, 1.807) is 0 Å². The summed E-state index contributed by atoms with van der Waals surface area (Å²) in [5.74, 6) is -1.19. The molecule has 12 heavy (non-hydrogen) atoms. The van der Waals surface area contributed by atoms with Gasteiger partial charge in [-0.25, -0.2) is 4.39 Å². The van der Waals surface area contributed by atoms with Crippen LogP contribution in [-0.2, 0) is 11.5 Å². The summed E-state index contributed by atoms with van der Waals surface area (Å²) < 4.78 is 38.4. The second kappa shape index (κ2) is 3.86. The molecule has 0 radical (unpaired) electrons. The molecule has 0 amide bonds. The van der Waals surface area contributed by atoms with Crippen LogP contribution in [0.25, 0.3) is 0 Å². The lowest BCUT2D eigenvalue weighted by atomic mass is 10.3. The van der Waals surface area contributed by atoms with Crippen molar-refractivity contribution in [2.75, 3.05) is 0 Å². The zero-order valence-electron chi connectivity index (χ0n) is 5.66. The highest BCUT2D eigenvalue weighted by Gasteiger charge is 2.06. The molecule has 66 valence electrons. The smallest absolute Gasteiger partial charge is 0.374 e. The van der Waals surface area contributed by atoms with Crippen LogP contribution in [0.5, 0.6) is 5.75 Å². The van der Waals surface area contributed by atoms with Gasteiger partial charge in [0.1, 0.15) is 0 Å². The Labute approximate surface area is 75.9 Å². The molecule has 0 aromatic heterocycles. The lowest BCUT2D eigenvalue weighted by molar-refractivity contribution is 0.482. The Morgan fingerprint density at radius 1 is 1.50 bits per heavy atom. The molecule has 0 aliphatic rings. The highest BCUT2D eigenvalue weighted by atomic mass is 32.2. The second-order valence-electron chi connectivity index (χ2n) is 1.89. The van der Waals surface area contributed by atoms with Gasteiger partial charge in [-0.2, -0.15) is 4.21 Å². The molecule has 0 fully saturated rings. The Bertz CT molecular complexity index is 316. The molecule has 0 aliphatic heterocycles. The molecule has 0 spiro atoms. The van der Waals surface area contributed by atoms with Crippen LogP contribution in [0.4, 0.5) is 8.28 Å². The highest BCUT2D eigenvalue weighted by molar-refractivity contribution is 7.80. The van der Waals surface area contributed by atoms with Gasteiger partial charge in [-0.15, -0.1) is 12.6 Å². The van der Waals surface area contributed by atoms with E-state index in [9.17, 15) is 12.5 Å². The first-order chi connectivity index (χ1) is 5.59. The van der Waals surface area contributed by atoms with Crippen LogP contribution in [-0.4, -0.2) is 4.21 Å². The predicted molar refractivity (Wildman–Crippen MR) is 43.5 cm³/mol. The first-order valence-electron chi connectivity index (χ1n) is 2.84. The molecular weight excluding hydrogens is 206 g/mol. The molecule has 0 saturated heterocycles. The minimum absolute atomic E-state index is 0.379. The molecule has 1 aromatic carbocycles. The Morgan fingerprint density at radius 3 is 2.67 bits per heavy atom. The summed E-state index contributed by atoms with van der Waals surface area (Å²) in [6, 6.07) is 3.58. The van der Waals surface area contributed by atoms with E-state index in [1.807, 2.05) is 0 Å². The number of halogens is 2. The molecule has 0 aliphatic carbocycles. The van der Waals surface area contributed by atoms with E-state index in [-0.39, 0.29) is 0 Å². The van der Waals surface area contributed by atoms with Crippen molar-refractivity contribution in [1.29, 1.82) is 0 Å². The average Bonchev–Trinajstić information content (AvgIpc) is 1.94. The molecule has 1 unspecified atom stereocenters. The molecule has 2 nitrogen and oxygen atoms in total. The minimum Gasteiger partial charge on any atom is -0.374 e.